The third-order valence-electron chi connectivity index (χ3n) is 12.1. The van der Waals surface area contributed by atoms with Gasteiger partial charge in [-0.1, -0.05) is 146 Å². The predicted octanol–water partition coefficient (Wildman–Crippen LogP) is 15.6. The molecule has 12 aromatic rings. The topological polar surface area (TPSA) is 48.5 Å². The van der Waals surface area contributed by atoms with Gasteiger partial charge in [0.05, 0.1) is 22.1 Å². The van der Waals surface area contributed by atoms with Crippen molar-refractivity contribution in [2.24, 2.45) is 0 Å². The zero-order valence-corrected chi connectivity index (χ0v) is 35.7. The van der Waals surface area contributed by atoms with E-state index in [-0.39, 0.29) is 0 Å². The van der Waals surface area contributed by atoms with Crippen LogP contribution in [-0.2, 0) is 0 Å². The van der Waals surface area contributed by atoms with E-state index in [1.54, 1.807) is 11.3 Å². The molecule has 0 atom stereocenters. The molecule has 0 bridgehead atoms. The summed E-state index contributed by atoms with van der Waals surface area (Å²) in [5.74, 6) is 1.87. The molecule has 0 radical (unpaired) electrons. The van der Waals surface area contributed by atoms with Crippen LogP contribution in [-0.4, -0.2) is 24.1 Å². The summed E-state index contributed by atoms with van der Waals surface area (Å²) < 4.78 is 7.20. The van der Waals surface area contributed by atoms with E-state index in [2.05, 4.69) is 173 Å². The van der Waals surface area contributed by atoms with Crippen LogP contribution >= 0.6 is 11.3 Å². The predicted molar refractivity (Wildman–Crippen MR) is 271 cm³/mol. The van der Waals surface area contributed by atoms with E-state index in [1.165, 1.54) is 48.1 Å². The lowest BCUT2D eigenvalue weighted by Crippen LogP contribution is -2.00. The highest BCUT2D eigenvalue weighted by Crippen LogP contribution is 2.44. The van der Waals surface area contributed by atoms with E-state index in [0.29, 0.717) is 17.5 Å². The summed E-state index contributed by atoms with van der Waals surface area (Å²) >= 11 is 1.78. The first-order chi connectivity index (χ1) is 31.7. The van der Waals surface area contributed by atoms with Gasteiger partial charge in [0.1, 0.15) is 0 Å². The van der Waals surface area contributed by atoms with Gasteiger partial charge in [0.15, 0.2) is 17.5 Å². The van der Waals surface area contributed by atoms with Crippen LogP contribution in [0.4, 0.5) is 0 Å². The second-order valence-electron chi connectivity index (χ2n) is 16.0. The summed E-state index contributed by atoms with van der Waals surface area (Å²) in [6.07, 6.45) is 11.9. The highest BCUT2D eigenvalue weighted by Gasteiger charge is 2.21. The Bertz CT molecular complexity index is 3850. The normalized spacial score (nSPS) is 12.3. The van der Waals surface area contributed by atoms with Crippen LogP contribution in [0.2, 0.25) is 0 Å². The van der Waals surface area contributed by atoms with E-state index in [1.807, 2.05) is 61.6 Å². The standard InChI is InChI=1S/C58H39N5S/c1-2-3-4-5-12-32-55-59-57(38-20-8-6-9-21-38)61-58(60-55)49-35-40(34-48-45-28-15-18-31-54(45)64-56(48)49)39-22-19-25-42(33-39)63-51-30-17-14-27-44(51)47-36-46-43-26-13-16-29-50(43)62(52(46)37-53(47)63)41-23-10-7-11-24-41/h2-37H,1H3/b3-2-,5-4-,32-12+. The van der Waals surface area contributed by atoms with Gasteiger partial charge in [-0.15, -0.1) is 11.3 Å². The van der Waals surface area contributed by atoms with Gasteiger partial charge in [0.25, 0.3) is 0 Å². The Morgan fingerprint density at radius 3 is 1.77 bits per heavy atom. The second kappa shape index (κ2) is 15.6. The van der Waals surface area contributed by atoms with Crippen LogP contribution in [0, 0.1) is 0 Å². The second-order valence-corrected chi connectivity index (χ2v) is 17.0. The molecule has 6 heteroatoms. The molecule has 0 saturated carbocycles. The van der Waals surface area contributed by atoms with Crippen molar-refractivity contribution in [1.29, 1.82) is 0 Å². The van der Waals surface area contributed by atoms with Crippen molar-refractivity contribution in [3.8, 4) is 45.3 Å². The van der Waals surface area contributed by atoms with Crippen molar-refractivity contribution in [2.45, 2.75) is 6.92 Å². The fourth-order valence-electron chi connectivity index (χ4n) is 9.23. The molecule has 0 unspecified atom stereocenters. The average Bonchev–Trinajstić information content (AvgIpc) is 4.01. The number of benzene rings is 8. The Morgan fingerprint density at radius 2 is 1.02 bits per heavy atom. The summed E-state index contributed by atoms with van der Waals surface area (Å²) in [6, 6.07) is 65.4. The van der Waals surface area contributed by atoms with Crippen molar-refractivity contribution < 1.29 is 0 Å². The van der Waals surface area contributed by atoms with E-state index in [9.17, 15) is 0 Å². The Morgan fingerprint density at radius 1 is 0.406 bits per heavy atom. The van der Waals surface area contributed by atoms with Crippen molar-refractivity contribution in [3.63, 3.8) is 0 Å². The molecule has 0 aliphatic rings. The number of allylic oxidation sites excluding steroid dienone is 5. The Hall–Kier alpha value is -8.19. The van der Waals surface area contributed by atoms with Gasteiger partial charge >= 0.3 is 0 Å². The molecule has 0 saturated heterocycles. The minimum atomic E-state index is 0.599. The molecular weight excluding hydrogens is 799 g/mol. The minimum Gasteiger partial charge on any atom is -0.309 e. The van der Waals surface area contributed by atoms with Gasteiger partial charge < -0.3 is 9.13 Å². The summed E-state index contributed by atoms with van der Waals surface area (Å²) in [5, 5.41) is 7.33. The summed E-state index contributed by atoms with van der Waals surface area (Å²) in [4.78, 5) is 15.3. The minimum absolute atomic E-state index is 0.599. The SMILES string of the molecule is C\C=C/C=C\C=C\c1nc(-c2ccccc2)nc(-c2cc(-c3cccc(-n4c5ccccc5c5cc6c7ccccc7n(-c7ccccc7)c6cc54)c3)cc3c2sc2ccccc23)n1. The first kappa shape index (κ1) is 37.6. The van der Waals surface area contributed by atoms with E-state index in [4.69, 9.17) is 15.0 Å². The maximum Gasteiger partial charge on any atom is 0.165 e. The molecule has 0 fully saturated rings. The molecule has 0 aliphatic carbocycles. The molecule has 12 rings (SSSR count). The number of nitrogens with zero attached hydrogens (tertiary/aromatic N) is 5. The number of rotatable bonds is 8. The van der Waals surface area contributed by atoms with Crippen LogP contribution in [0.1, 0.15) is 12.7 Å². The summed E-state index contributed by atoms with van der Waals surface area (Å²) in [7, 11) is 0. The molecule has 8 aromatic carbocycles. The molecule has 0 N–H and O–H groups in total. The van der Waals surface area contributed by atoms with Crippen LogP contribution < -0.4 is 0 Å². The zero-order chi connectivity index (χ0) is 42.6. The Labute approximate surface area is 373 Å². The van der Waals surface area contributed by atoms with Crippen molar-refractivity contribution in [3.05, 3.63) is 218 Å². The van der Waals surface area contributed by atoms with Gasteiger partial charge in [-0.3, -0.25) is 0 Å². The first-order valence-electron chi connectivity index (χ1n) is 21.6. The molecule has 4 aromatic heterocycles. The van der Waals surface area contributed by atoms with Gasteiger partial charge in [0, 0.05) is 64.2 Å². The van der Waals surface area contributed by atoms with Crippen LogP contribution in [0.3, 0.4) is 0 Å². The van der Waals surface area contributed by atoms with Crippen molar-refractivity contribution in [2.75, 3.05) is 0 Å². The number of para-hydroxylation sites is 3. The maximum absolute atomic E-state index is 5.20. The Balaban J connectivity index is 1.08. The monoisotopic (exact) mass is 837 g/mol. The molecule has 5 nitrogen and oxygen atoms in total. The Kier molecular flexibility index (Phi) is 9.17. The van der Waals surface area contributed by atoms with Crippen molar-refractivity contribution >= 4 is 81.2 Å². The third-order valence-corrected chi connectivity index (χ3v) is 13.3. The largest absolute Gasteiger partial charge is 0.309 e. The molecule has 64 heavy (non-hydrogen) atoms. The fraction of sp³-hybridized carbons (Fsp3) is 0.0172. The molecular formula is C58H39N5S. The highest BCUT2D eigenvalue weighted by atomic mass is 32.1. The van der Waals surface area contributed by atoms with Crippen LogP contribution in [0.25, 0.3) is 115 Å². The number of thiophene rings is 1. The molecule has 0 spiro atoms. The third kappa shape index (κ3) is 6.34. The van der Waals surface area contributed by atoms with Crippen LogP contribution in [0.15, 0.2) is 212 Å². The smallest absolute Gasteiger partial charge is 0.165 e. The molecule has 0 amide bonds. The van der Waals surface area contributed by atoms with Gasteiger partial charge in [0.2, 0.25) is 0 Å². The highest BCUT2D eigenvalue weighted by molar-refractivity contribution is 7.26. The van der Waals surface area contributed by atoms with E-state index in [0.717, 1.165) is 49.4 Å². The number of fused-ring (bicyclic) bond motifs is 9. The first-order valence-corrected chi connectivity index (χ1v) is 22.4. The lowest BCUT2D eigenvalue weighted by molar-refractivity contribution is 1.05. The van der Waals surface area contributed by atoms with Gasteiger partial charge in [-0.2, -0.15) is 0 Å². The van der Waals surface area contributed by atoms with Gasteiger partial charge in [-0.25, -0.2) is 15.0 Å². The molecule has 4 heterocycles. The van der Waals surface area contributed by atoms with Crippen molar-refractivity contribution in [1.82, 2.24) is 24.1 Å². The summed E-state index contributed by atoms with van der Waals surface area (Å²) in [5.41, 5.74) is 11.0. The molecule has 0 aliphatic heterocycles. The average molecular weight is 838 g/mol. The number of hydrogen-bond acceptors (Lipinski definition) is 4. The zero-order valence-electron chi connectivity index (χ0n) is 34.9. The number of hydrogen-bond donors (Lipinski definition) is 0. The lowest BCUT2D eigenvalue weighted by atomic mass is 9.98. The number of aromatic nitrogens is 5. The fourth-order valence-corrected chi connectivity index (χ4v) is 10.4. The maximum atomic E-state index is 5.20. The lowest BCUT2D eigenvalue weighted by Gasteiger charge is -2.13. The van der Waals surface area contributed by atoms with Gasteiger partial charge in [-0.05, 0) is 90.9 Å². The summed E-state index contributed by atoms with van der Waals surface area (Å²) in [6.45, 7) is 2.01. The van der Waals surface area contributed by atoms with Crippen LogP contribution in [0.5, 0.6) is 0 Å². The quantitative estimate of drug-likeness (QED) is 0.143. The van der Waals surface area contributed by atoms with E-state index < -0.39 is 0 Å². The van der Waals surface area contributed by atoms with E-state index >= 15 is 0 Å². The molecule has 302 valence electrons.